The molecule has 114 valence electrons. The van der Waals surface area contributed by atoms with Gasteiger partial charge in [-0.25, -0.2) is 4.98 Å². The zero-order valence-electron chi connectivity index (χ0n) is 11.2. The molecule has 1 amide bonds. The van der Waals surface area contributed by atoms with Crippen LogP contribution in [0.1, 0.15) is 20.9 Å². The normalized spacial score (nSPS) is 13.5. The molecule has 0 unspecified atom stereocenters. The summed E-state index contributed by atoms with van der Waals surface area (Å²) < 4.78 is 5.32. The second-order valence-corrected chi connectivity index (χ2v) is 6.06. The maximum atomic E-state index is 12.2. The Morgan fingerprint density at radius 3 is 3.05 bits per heavy atom. The third-order valence-electron chi connectivity index (χ3n) is 3.12. The van der Waals surface area contributed by atoms with Crippen LogP contribution in [0.5, 0.6) is 0 Å². The fraction of sp³-hybridized carbons (Fsp3) is 0.231. The van der Waals surface area contributed by atoms with E-state index in [2.05, 4.69) is 10.3 Å². The molecular weight excluding hydrogens is 330 g/mol. The first-order valence-electron chi connectivity index (χ1n) is 6.36. The maximum absolute atomic E-state index is 12.2. The van der Waals surface area contributed by atoms with E-state index in [9.17, 15) is 14.9 Å². The van der Waals surface area contributed by atoms with E-state index in [1.54, 1.807) is 0 Å². The zero-order valence-corrected chi connectivity index (χ0v) is 12.7. The number of fused-ring (bicyclic) bond motifs is 1. The summed E-state index contributed by atoms with van der Waals surface area (Å²) in [6.07, 6.45) is 0.716. The molecule has 1 aromatic heterocycles. The van der Waals surface area contributed by atoms with E-state index in [1.165, 1.54) is 23.5 Å². The van der Waals surface area contributed by atoms with Gasteiger partial charge in [0.1, 0.15) is 5.02 Å². The molecule has 0 bridgehead atoms. The highest BCUT2D eigenvalue weighted by molar-refractivity contribution is 7.15. The number of benzene rings is 1. The van der Waals surface area contributed by atoms with E-state index in [0.29, 0.717) is 24.8 Å². The minimum Gasteiger partial charge on any atom is -0.375 e. The van der Waals surface area contributed by atoms with Crippen molar-refractivity contribution in [3.63, 3.8) is 0 Å². The summed E-state index contributed by atoms with van der Waals surface area (Å²) in [5.74, 6) is -0.466. The highest BCUT2D eigenvalue weighted by Gasteiger charge is 2.19. The van der Waals surface area contributed by atoms with E-state index < -0.39 is 10.8 Å². The van der Waals surface area contributed by atoms with Gasteiger partial charge in [0.2, 0.25) is 0 Å². The number of amides is 1. The average molecular weight is 340 g/mol. The quantitative estimate of drug-likeness (QED) is 0.685. The number of nitro groups is 1. The number of hydrogen-bond acceptors (Lipinski definition) is 6. The highest BCUT2D eigenvalue weighted by Crippen LogP contribution is 2.28. The van der Waals surface area contributed by atoms with E-state index in [0.717, 1.165) is 16.6 Å². The van der Waals surface area contributed by atoms with Gasteiger partial charge in [0.05, 0.1) is 28.7 Å². The number of halogens is 1. The Balaban J connectivity index is 1.81. The van der Waals surface area contributed by atoms with Crippen molar-refractivity contribution in [3.05, 3.63) is 49.5 Å². The molecule has 1 aliphatic heterocycles. The Bertz CT molecular complexity index is 738. The van der Waals surface area contributed by atoms with Crippen molar-refractivity contribution in [2.45, 2.75) is 13.0 Å². The number of thiazole rings is 1. The topological polar surface area (TPSA) is 94.4 Å². The first kappa shape index (κ1) is 14.9. The number of ether oxygens (including phenoxy) is 1. The molecule has 7 nitrogen and oxygen atoms in total. The standard InChI is InChI=1S/C13H10ClN3O4S/c14-8-2-1-7(5-10(8)17(19)20)12(18)16-13-15-9-3-4-21-6-11(9)22-13/h1-2,5H,3-4,6H2,(H,15,16,18). The number of aromatic nitrogens is 1. The molecule has 0 spiro atoms. The van der Waals surface area contributed by atoms with Crippen molar-refractivity contribution in [2.75, 3.05) is 11.9 Å². The van der Waals surface area contributed by atoms with Gasteiger partial charge in [0, 0.05) is 18.1 Å². The smallest absolute Gasteiger partial charge is 0.288 e. The molecule has 0 aliphatic carbocycles. The lowest BCUT2D eigenvalue weighted by Crippen LogP contribution is -2.12. The van der Waals surface area contributed by atoms with Crippen molar-refractivity contribution in [3.8, 4) is 0 Å². The van der Waals surface area contributed by atoms with Gasteiger partial charge >= 0.3 is 0 Å². The van der Waals surface area contributed by atoms with Gasteiger partial charge in [-0.1, -0.05) is 22.9 Å². The molecule has 22 heavy (non-hydrogen) atoms. The van der Waals surface area contributed by atoms with Crippen LogP contribution >= 0.6 is 22.9 Å². The van der Waals surface area contributed by atoms with Crippen molar-refractivity contribution >= 4 is 39.7 Å². The van der Waals surface area contributed by atoms with Crippen LogP contribution < -0.4 is 5.32 Å². The predicted octanol–water partition coefficient (Wildman–Crippen LogP) is 3.03. The van der Waals surface area contributed by atoms with E-state index in [1.807, 2.05) is 0 Å². The molecule has 2 aromatic rings. The minimum absolute atomic E-state index is 0.0107. The summed E-state index contributed by atoms with van der Waals surface area (Å²) in [5.41, 5.74) is 0.773. The number of carbonyl (C=O) groups excluding carboxylic acids is 1. The summed E-state index contributed by atoms with van der Waals surface area (Å²) in [6, 6.07) is 3.91. The van der Waals surface area contributed by atoms with E-state index in [-0.39, 0.29) is 16.3 Å². The summed E-state index contributed by atoms with van der Waals surface area (Å²) in [5, 5.41) is 13.9. The Hall–Kier alpha value is -2.03. The summed E-state index contributed by atoms with van der Waals surface area (Å²) in [7, 11) is 0. The van der Waals surface area contributed by atoms with Crippen LogP contribution in [0.25, 0.3) is 0 Å². The molecule has 3 rings (SSSR count). The molecule has 0 radical (unpaired) electrons. The molecule has 0 fully saturated rings. The van der Waals surface area contributed by atoms with Crippen LogP contribution in [0.3, 0.4) is 0 Å². The first-order chi connectivity index (χ1) is 10.5. The SMILES string of the molecule is O=C(Nc1nc2c(s1)COCC2)c1ccc(Cl)c([N+](=O)[O-])c1. The second kappa shape index (κ2) is 5.99. The molecule has 0 saturated heterocycles. The summed E-state index contributed by atoms with van der Waals surface area (Å²) in [6.45, 7) is 1.11. The average Bonchev–Trinajstić information content (AvgIpc) is 2.89. The fourth-order valence-corrected chi connectivity index (χ4v) is 3.17. The fourth-order valence-electron chi connectivity index (χ4n) is 2.04. The third kappa shape index (κ3) is 2.94. The molecule has 1 aromatic carbocycles. The number of nitro benzene ring substituents is 1. The number of rotatable bonds is 3. The van der Waals surface area contributed by atoms with Gasteiger partial charge in [-0.3, -0.25) is 20.2 Å². The Morgan fingerprint density at radius 2 is 2.32 bits per heavy atom. The van der Waals surface area contributed by atoms with E-state index in [4.69, 9.17) is 16.3 Å². The first-order valence-corrected chi connectivity index (χ1v) is 7.55. The minimum atomic E-state index is -0.626. The predicted molar refractivity (Wildman–Crippen MR) is 81.5 cm³/mol. The van der Waals surface area contributed by atoms with Crippen LogP contribution in [0.2, 0.25) is 5.02 Å². The van der Waals surface area contributed by atoms with Gasteiger partial charge in [-0.2, -0.15) is 0 Å². The maximum Gasteiger partial charge on any atom is 0.288 e. The van der Waals surface area contributed by atoms with Crippen LogP contribution in [-0.2, 0) is 17.8 Å². The van der Waals surface area contributed by atoms with Crippen molar-refractivity contribution in [2.24, 2.45) is 0 Å². The summed E-state index contributed by atoms with van der Waals surface area (Å²) in [4.78, 5) is 27.7. The third-order valence-corrected chi connectivity index (χ3v) is 4.43. The largest absolute Gasteiger partial charge is 0.375 e. The van der Waals surface area contributed by atoms with Gasteiger partial charge in [-0.05, 0) is 12.1 Å². The molecule has 1 N–H and O–H groups in total. The van der Waals surface area contributed by atoms with Crippen molar-refractivity contribution in [1.82, 2.24) is 4.98 Å². The molecule has 0 saturated carbocycles. The van der Waals surface area contributed by atoms with Crippen LogP contribution in [0.4, 0.5) is 10.8 Å². The van der Waals surface area contributed by atoms with Crippen LogP contribution in [0, 0.1) is 10.1 Å². The zero-order chi connectivity index (χ0) is 15.7. The number of anilines is 1. The van der Waals surface area contributed by atoms with E-state index >= 15 is 0 Å². The molecule has 1 aliphatic rings. The molecule has 0 atom stereocenters. The van der Waals surface area contributed by atoms with Gasteiger partial charge in [0.25, 0.3) is 11.6 Å². The lowest BCUT2D eigenvalue weighted by molar-refractivity contribution is -0.384. The number of nitrogens with one attached hydrogen (secondary N) is 1. The number of nitrogens with zero attached hydrogens (tertiary/aromatic N) is 2. The van der Waals surface area contributed by atoms with Gasteiger partial charge in [-0.15, -0.1) is 0 Å². The van der Waals surface area contributed by atoms with Gasteiger partial charge < -0.3 is 4.74 Å². The Morgan fingerprint density at radius 1 is 1.50 bits per heavy atom. The van der Waals surface area contributed by atoms with Gasteiger partial charge in [0.15, 0.2) is 5.13 Å². The van der Waals surface area contributed by atoms with Crippen LogP contribution in [0.15, 0.2) is 18.2 Å². The van der Waals surface area contributed by atoms with Crippen LogP contribution in [-0.4, -0.2) is 22.4 Å². The number of hydrogen-bond donors (Lipinski definition) is 1. The molecule has 2 heterocycles. The molecular formula is C13H10ClN3O4S. The van der Waals surface area contributed by atoms with Crippen molar-refractivity contribution < 1.29 is 14.5 Å². The highest BCUT2D eigenvalue weighted by atomic mass is 35.5. The lowest BCUT2D eigenvalue weighted by atomic mass is 10.2. The van der Waals surface area contributed by atoms with Crippen molar-refractivity contribution in [1.29, 1.82) is 0 Å². The Labute approximate surface area is 134 Å². The molecule has 9 heteroatoms. The second-order valence-electron chi connectivity index (χ2n) is 4.57. The Kier molecular flexibility index (Phi) is 4.06. The lowest BCUT2D eigenvalue weighted by Gasteiger charge is -2.08. The monoisotopic (exact) mass is 339 g/mol. The number of carbonyl (C=O) groups is 1. The summed E-state index contributed by atoms with van der Waals surface area (Å²) >= 11 is 7.07.